The number of benzene rings is 2. The fraction of sp³-hybridized carbons (Fsp3) is 0. The van der Waals surface area contributed by atoms with E-state index in [1.807, 2.05) is 12.1 Å². The minimum absolute atomic E-state index is 0.00259. The van der Waals surface area contributed by atoms with Crippen LogP contribution in [-0.4, -0.2) is 20.1 Å². The molecule has 0 aliphatic rings. The van der Waals surface area contributed by atoms with Gasteiger partial charge < -0.3 is 9.51 Å². The van der Waals surface area contributed by atoms with Gasteiger partial charge in [-0.05, 0) is 30.3 Å². The van der Waals surface area contributed by atoms with E-state index in [2.05, 4.69) is 20.1 Å². The zero-order valence-corrected chi connectivity index (χ0v) is 11.0. The number of rotatable bonds is 2. The van der Waals surface area contributed by atoms with Gasteiger partial charge in [-0.15, -0.1) is 0 Å². The van der Waals surface area contributed by atoms with Crippen LogP contribution in [0.25, 0.3) is 33.9 Å². The summed E-state index contributed by atoms with van der Waals surface area (Å²) in [6.45, 7) is 0. The summed E-state index contributed by atoms with van der Waals surface area (Å²) in [5.41, 5.74) is 2.41. The Labute approximate surface area is 122 Å². The molecule has 0 unspecified atom stereocenters. The normalized spacial score (nSPS) is 11.2. The molecule has 4 rings (SSSR count). The minimum atomic E-state index is -0.751. The van der Waals surface area contributed by atoms with Gasteiger partial charge in [-0.25, -0.2) is 13.8 Å². The molecule has 0 atom stereocenters. The van der Waals surface area contributed by atoms with Crippen LogP contribution in [0, 0.1) is 11.6 Å². The summed E-state index contributed by atoms with van der Waals surface area (Å²) in [5.74, 6) is -1.10. The molecule has 108 valence electrons. The number of imidazole rings is 1. The molecule has 0 saturated heterocycles. The monoisotopic (exact) mass is 298 g/mol. The maximum atomic E-state index is 13.7. The predicted molar refractivity (Wildman–Crippen MR) is 74.7 cm³/mol. The summed E-state index contributed by atoms with van der Waals surface area (Å²) >= 11 is 0. The van der Waals surface area contributed by atoms with Crippen molar-refractivity contribution in [1.29, 1.82) is 0 Å². The SMILES string of the molecule is Fc1ccc(-c2nc(-c3ccc4nc[nH]c4c3)no2)c(F)c1. The zero-order chi connectivity index (χ0) is 15.1. The highest BCUT2D eigenvalue weighted by Gasteiger charge is 2.15. The maximum absolute atomic E-state index is 13.7. The third kappa shape index (κ3) is 2.03. The summed E-state index contributed by atoms with van der Waals surface area (Å²) in [6.07, 6.45) is 1.59. The Bertz CT molecular complexity index is 977. The zero-order valence-electron chi connectivity index (χ0n) is 11.0. The van der Waals surface area contributed by atoms with E-state index >= 15 is 0 Å². The van der Waals surface area contributed by atoms with Gasteiger partial charge in [-0.2, -0.15) is 4.98 Å². The van der Waals surface area contributed by atoms with E-state index in [0.717, 1.165) is 23.2 Å². The number of H-pyrrole nitrogens is 1. The fourth-order valence-electron chi connectivity index (χ4n) is 2.19. The van der Waals surface area contributed by atoms with Crippen molar-refractivity contribution in [2.75, 3.05) is 0 Å². The van der Waals surface area contributed by atoms with Gasteiger partial charge in [-0.1, -0.05) is 5.16 Å². The lowest BCUT2D eigenvalue weighted by molar-refractivity contribution is 0.429. The minimum Gasteiger partial charge on any atom is -0.345 e. The summed E-state index contributed by atoms with van der Waals surface area (Å²) < 4.78 is 31.7. The molecule has 2 aromatic heterocycles. The van der Waals surface area contributed by atoms with Crippen molar-refractivity contribution in [1.82, 2.24) is 20.1 Å². The molecule has 0 fully saturated rings. The molecule has 5 nitrogen and oxygen atoms in total. The number of hydrogen-bond acceptors (Lipinski definition) is 4. The number of aromatic nitrogens is 4. The fourth-order valence-corrected chi connectivity index (χ4v) is 2.19. The van der Waals surface area contributed by atoms with Crippen LogP contribution in [-0.2, 0) is 0 Å². The molecule has 22 heavy (non-hydrogen) atoms. The van der Waals surface area contributed by atoms with Crippen LogP contribution in [0.1, 0.15) is 0 Å². The van der Waals surface area contributed by atoms with Crippen molar-refractivity contribution >= 4 is 11.0 Å². The van der Waals surface area contributed by atoms with Crippen LogP contribution >= 0.6 is 0 Å². The van der Waals surface area contributed by atoms with Crippen LogP contribution in [0.5, 0.6) is 0 Å². The third-order valence-electron chi connectivity index (χ3n) is 3.27. The first kappa shape index (κ1) is 12.6. The highest BCUT2D eigenvalue weighted by molar-refractivity contribution is 5.80. The smallest absolute Gasteiger partial charge is 0.261 e. The van der Waals surface area contributed by atoms with Gasteiger partial charge in [0.05, 0.1) is 22.9 Å². The molecule has 0 aliphatic carbocycles. The van der Waals surface area contributed by atoms with Crippen molar-refractivity contribution in [3.8, 4) is 22.8 Å². The summed E-state index contributed by atoms with van der Waals surface area (Å²) in [4.78, 5) is 11.3. The van der Waals surface area contributed by atoms with Crippen molar-refractivity contribution in [3.63, 3.8) is 0 Å². The van der Waals surface area contributed by atoms with Crippen molar-refractivity contribution < 1.29 is 13.3 Å². The maximum Gasteiger partial charge on any atom is 0.261 e. The Morgan fingerprint density at radius 1 is 1.05 bits per heavy atom. The van der Waals surface area contributed by atoms with Gasteiger partial charge >= 0.3 is 0 Å². The van der Waals surface area contributed by atoms with Gasteiger partial charge in [0.2, 0.25) is 5.82 Å². The van der Waals surface area contributed by atoms with Gasteiger partial charge in [0.1, 0.15) is 11.6 Å². The van der Waals surface area contributed by atoms with Gasteiger partial charge in [0, 0.05) is 11.6 Å². The Morgan fingerprint density at radius 3 is 2.82 bits per heavy atom. The van der Waals surface area contributed by atoms with Crippen molar-refractivity contribution in [3.05, 3.63) is 54.4 Å². The van der Waals surface area contributed by atoms with Crippen LogP contribution in [0.15, 0.2) is 47.2 Å². The van der Waals surface area contributed by atoms with E-state index < -0.39 is 11.6 Å². The van der Waals surface area contributed by atoms with Crippen LogP contribution in [0.3, 0.4) is 0 Å². The number of fused-ring (bicyclic) bond motifs is 1. The summed E-state index contributed by atoms with van der Waals surface area (Å²) in [5, 5.41) is 3.84. The molecule has 1 N–H and O–H groups in total. The van der Waals surface area contributed by atoms with Gasteiger partial charge in [-0.3, -0.25) is 0 Å². The molecule has 0 spiro atoms. The lowest BCUT2D eigenvalue weighted by Gasteiger charge is -1.96. The van der Waals surface area contributed by atoms with E-state index in [1.165, 1.54) is 6.07 Å². The van der Waals surface area contributed by atoms with E-state index in [4.69, 9.17) is 4.52 Å². The number of halogens is 2. The number of aromatic amines is 1. The van der Waals surface area contributed by atoms with E-state index in [9.17, 15) is 8.78 Å². The Balaban J connectivity index is 1.77. The number of hydrogen-bond donors (Lipinski definition) is 1. The molecule has 0 radical (unpaired) electrons. The molecule has 7 heteroatoms. The second-order valence-electron chi connectivity index (χ2n) is 4.68. The lowest BCUT2D eigenvalue weighted by atomic mass is 10.2. The Hall–Kier alpha value is -3.09. The van der Waals surface area contributed by atoms with E-state index in [-0.39, 0.29) is 11.5 Å². The molecule has 0 bridgehead atoms. The first-order valence-corrected chi connectivity index (χ1v) is 6.43. The predicted octanol–water partition coefficient (Wildman–Crippen LogP) is 3.56. The molecule has 2 aromatic carbocycles. The first-order valence-electron chi connectivity index (χ1n) is 6.43. The lowest BCUT2D eigenvalue weighted by Crippen LogP contribution is -1.87. The highest BCUT2D eigenvalue weighted by atomic mass is 19.1. The van der Waals surface area contributed by atoms with Crippen LogP contribution < -0.4 is 0 Å². The Kier molecular flexibility index (Phi) is 2.72. The van der Waals surface area contributed by atoms with E-state index in [1.54, 1.807) is 12.4 Å². The van der Waals surface area contributed by atoms with Crippen molar-refractivity contribution in [2.24, 2.45) is 0 Å². The van der Waals surface area contributed by atoms with Crippen LogP contribution in [0.2, 0.25) is 0 Å². The average Bonchev–Trinajstić information content (AvgIpc) is 3.15. The van der Waals surface area contributed by atoms with Crippen LogP contribution in [0.4, 0.5) is 8.78 Å². The second kappa shape index (κ2) is 4.73. The molecule has 2 heterocycles. The van der Waals surface area contributed by atoms with E-state index in [0.29, 0.717) is 11.4 Å². The molecular weight excluding hydrogens is 290 g/mol. The largest absolute Gasteiger partial charge is 0.345 e. The standard InChI is InChI=1S/C15H8F2N4O/c16-9-2-3-10(11(17)6-9)15-20-14(21-22-15)8-1-4-12-13(5-8)19-7-18-12/h1-7H,(H,18,19). The quantitative estimate of drug-likeness (QED) is 0.614. The Morgan fingerprint density at radius 2 is 1.95 bits per heavy atom. The molecular formula is C15H8F2N4O. The topological polar surface area (TPSA) is 67.6 Å². The molecule has 0 amide bonds. The van der Waals surface area contributed by atoms with Crippen molar-refractivity contribution in [2.45, 2.75) is 0 Å². The first-order chi connectivity index (χ1) is 10.7. The summed E-state index contributed by atoms with van der Waals surface area (Å²) in [7, 11) is 0. The third-order valence-corrected chi connectivity index (χ3v) is 3.27. The second-order valence-corrected chi connectivity index (χ2v) is 4.68. The average molecular weight is 298 g/mol. The van der Waals surface area contributed by atoms with Gasteiger partial charge in [0.15, 0.2) is 0 Å². The van der Waals surface area contributed by atoms with Gasteiger partial charge in [0.25, 0.3) is 5.89 Å². The number of nitrogens with one attached hydrogen (secondary N) is 1. The number of nitrogens with zero attached hydrogens (tertiary/aromatic N) is 3. The molecule has 0 saturated carbocycles. The highest BCUT2D eigenvalue weighted by Crippen LogP contribution is 2.26. The molecule has 4 aromatic rings. The molecule has 0 aliphatic heterocycles. The summed E-state index contributed by atoms with van der Waals surface area (Å²) in [6, 6.07) is 8.60.